The fourth-order valence-electron chi connectivity index (χ4n) is 6.04. The van der Waals surface area contributed by atoms with E-state index in [0.717, 1.165) is 22.7 Å². The van der Waals surface area contributed by atoms with Gasteiger partial charge in [0, 0.05) is 44.3 Å². The number of anilines is 2. The van der Waals surface area contributed by atoms with Gasteiger partial charge < -0.3 is 14.5 Å². The Bertz CT molecular complexity index is 2130. The van der Waals surface area contributed by atoms with E-state index >= 15 is 0 Å². The molecule has 0 radical (unpaired) electrons. The van der Waals surface area contributed by atoms with Crippen LogP contribution < -0.4 is 5.32 Å². The Morgan fingerprint density at radius 1 is 0.385 bits per heavy atom. The minimum Gasteiger partial charge on any atom is -0.355 e. The molecule has 3 nitrogen and oxygen atoms in total. The second-order valence-corrected chi connectivity index (χ2v) is 9.93. The predicted molar refractivity (Wildman–Crippen MR) is 165 cm³/mol. The second kappa shape index (κ2) is 8.64. The topological polar surface area (TPSA) is 21.9 Å². The van der Waals surface area contributed by atoms with Crippen molar-refractivity contribution < 1.29 is 0 Å². The molecule has 1 N–H and O–H groups in total. The minimum atomic E-state index is 1.06. The fourth-order valence-corrected chi connectivity index (χ4v) is 6.04. The molecule has 0 aliphatic carbocycles. The van der Waals surface area contributed by atoms with Crippen LogP contribution in [0.25, 0.3) is 55.0 Å². The van der Waals surface area contributed by atoms with Gasteiger partial charge in [-0.2, -0.15) is 0 Å². The Balaban J connectivity index is 1.34. The Morgan fingerprint density at radius 3 is 1.64 bits per heavy atom. The van der Waals surface area contributed by atoms with Crippen LogP contribution in [0.2, 0.25) is 0 Å². The van der Waals surface area contributed by atoms with Crippen molar-refractivity contribution in [1.82, 2.24) is 9.13 Å². The molecule has 0 aliphatic rings. The van der Waals surface area contributed by atoms with Gasteiger partial charge in [-0.3, -0.25) is 0 Å². The van der Waals surface area contributed by atoms with Crippen molar-refractivity contribution >= 4 is 55.0 Å². The van der Waals surface area contributed by atoms with E-state index in [9.17, 15) is 0 Å². The lowest BCUT2D eigenvalue weighted by molar-refractivity contribution is 1.18. The zero-order valence-electron chi connectivity index (χ0n) is 21.3. The van der Waals surface area contributed by atoms with Gasteiger partial charge in [0.25, 0.3) is 0 Å². The third-order valence-electron chi connectivity index (χ3n) is 7.68. The van der Waals surface area contributed by atoms with Crippen molar-refractivity contribution in [1.29, 1.82) is 0 Å². The molecule has 0 saturated heterocycles. The van der Waals surface area contributed by atoms with Crippen molar-refractivity contribution in [2.24, 2.45) is 0 Å². The number of para-hydroxylation sites is 4. The van der Waals surface area contributed by atoms with Crippen LogP contribution in [-0.2, 0) is 0 Å². The molecular formula is C36H25N3. The lowest BCUT2D eigenvalue weighted by Gasteiger charge is -2.12. The van der Waals surface area contributed by atoms with Gasteiger partial charge in [-0.1, -0.05) is 84.9 Å². The number of hydrogen-bond acceptors (Lipinski definition) is 1. The smallest absolute Gasteiger partial charge is 0.0562 e. The van der Waals surface area contributed by atoms with Crippen LogP contribution in [-0.4, -0.2) is 9.13 Å². The number of nitrogens with zero attached hydrogens (tertiary/aromatic N) is 2. The normalized spacial score (nSPS) is 11.6. The highest BCUT2D eigenvalue weighted by atomic mass is 15.0. The molecule has 3 heteroatoms. The number of rotatable bonds is 4. The number of nitrogens with one attached hydrogen (secondary N) is 1. The molecule has 6 aromatic carbocycles. The zero-order valence-corrected chi connectivity index (χ0v) is 21.3. The first-order valence-corrected chi connectivity index (χ1v) is 13.3. The summed E-state index contributed by atoms with van der Waals surface area (Å²) >= 11 is 0. The molecule has 184 valence electrons. The summed E-state index contributed by atoms with van der Waals surface area (Å²) in [5, 5.41) is 8.76. The zero-order chi connectivity index (χ0) is 25.8. The fraction of sp³-hybridized carbons (Fsp3) is 0. The number of aromatic nitrogens is 2. The maximum Gasteiger partial charge on any atom is 0.0562 e. The van der Waals surface area contributed by atoms with Gasteiger partial charge in [-0.15, -0.1) is 0 Å². The predicted octanol–water partition coefficient (Wildman–Crippen LogP) is 9.62. The largest absolute Gasteiger partial charge is 0.355 e. The van der Waals surface area contributed by atoms with E-state index in [2.05, 4.69) is 160 Å². The summed E-state index contributed by atoms with van der Waals surface area (Å²) in [4.78, 5) is 0. The first-order chi connectivity index (χ1) is 19.4. The van der Waals surface area contributed by atoms with E-state index in [-0.39, 0.29) is 0 Å². The molecule has 0 saturated carbocycles. The van der Waals surface area contributed by atoms with Gasteiger partial charge >= 0.3 is 0 Å². The molecule has 0 aliphatic heterocycles. The van der Waals surface area contributed by atoms with Crippen LogP contribution in [0.15, 0.2) is 146 Å². The van der Waals surface area contributed by atoms with Crippen molar-refractivity contribution in [3.63, 3.8) is 0 Å². The van der Waals surface area contributed by atoms with E-state index in [1.54, 1.807) is 0 Å². The van der Waals surface area contributed by atoms with Crippen molar-refractivity contribution in [3.05, 3.63) is 146 Å². The summed E-state index contributed by atoms with van der Waals surface area (Å²) in [5.74, 6) is 0. The van der Waals surface area contributed by atoms with E-state index in [1.807, 2.05) is 0 Å². The highest BCUT2D eigenvalue weighted by molar-refractivity contribution is 6.16. The maximum atomic E-state index is 3.79. The lowest BCUT2D eigenvalue weighted by atomic mass is 10.1. The van der Waals surface area contributed by atoms with Crippen molar-refractivity contribution in [3.8, 4) is 11.4 Å². The van der Waals surface area contributed by atoms with Crippen molar-refractivity contribution in [2.75, 3.05) is 5.32 Å². The molecule has 2 aromatic heterocycles. The van der Waals surface area contributed by atoms with Crippen LogP contribution in [0, 0.1) is 0 Å². The molecule has 8 rings (SSSR count). The van der Waals surface area contributed by atoms with Crippen LogP contribution in [0.3, 0.4) is 0 Å². The summed E-state index contributed by atoms with van der Waals surface area (Å²) in [5.41, 5.74) is 9.27. The highest BCUT2D eigenvalue weighted by Crippen LogP contribution is 2.39. The first-order valence-electron chi connectivity index (χ1n) is 13.3. The van der Waals surface area contributed by atoms with E-state index in [1.165, 1.54) is 43.6 Å². The Kier molecular flexibility index (Phi) is 4.82. The van der Waals surface area contributed by atoms with E-state index < -0.39 is 0 Å². The van der Waals surface area contributed by atoms with Gasteiger partial charge in [0.1, 0.15) is 0 Å². The number of benzene rings is 6. The average Bonchev–Trinajstić information content (AvgIpc) is 3.51. The first kappa shape index (κ1) is 21.8. The van der Waals surface area contributed by atoms with Crippen LogP contribution in [0.4, 0.5) is 11.4 Å². The third kappa shape index (κ3) is 3.37. The molecule has 0 fully saturated rings. The van der Waals surface area contributed by atoms with E-state index in [0.29, 0.717) is 0 Å². The summed E-state index contributed by atoms with van der Waals surface area (Å²) in [6.45, 7) is 0. The second-order valence-electron chi connectivity index (χ2n) is 9.93. The molecular weight excluding hydrogens is 474 g/mol. The maximum absolute atomic E-state index is 3.79. The quantitative estimate of drug-likeness (QED) is 0.256. The number of fused-ring (bicyclic) bond motifs is 6. The molecule has 39 heavy (non-hydrogen) atoms. The lowest BCUT2D eigenvalue weighted by Crippen LogP contribution is -1.95. The average molecular weight is 500 g/mol. The standard InChI is InChI=1S/C36H25N3/c1-3-12-26(13-4-1)38-33-20-10-8-17-30(33)36-31(18-11-21-34(36)38)37-25-22-23-29-28-16-7-9-19-32(28)39(35(29)24-25)27-14-5-2-6-15-27/h1-24,37H. The van der Waals surface area contributed by atoms with Gasteiger partial charge in [-0.05, 0) is 60.7 Å². The molecule has 0 spiro atoms. The van der Waals surface area contributed by atoms with Crippen LogP contribution >= 0.6 is 0 Å². The monoisotopic (exact) mass is 499 g/mol. The minimum absolute atomic E-state index is 1.06. The van der Waals surface area contributed by atoms with Gasteiger partial charge in [-0.25, -0.2) is 0 Å². The van der Waals surface area contributed by atoms with Gasteiger partial charge in [0.05, 0.1) is 22.1 Å². The molecule has 2 heterocycles. The molecule has 0 amide bonds. The molecule has 0 unspecified atom stereocenters. The van der Waals surface area contributed by atoms with Crippen LogP contribution in [0.5, 0.6) is 0 Å². The summed E-state index contributed by atoms with van der Waals surface area (Å²) in [6.07, 6.45) is 0. The summed E-state index contributed by atoms with van der Waals surface area (Å²) < 4.78 is 4.71. The molecule has 8 aromatic rings. The molecule has 0 atom stereocenters. The number of hydrogen-bond donors (Lipinski definition) is 1. The summed E-state index contributed by atoms with van der Waals surface area (Å²) in [6, 6.07) is 51.8. The van der Waals surface area contributed by atoms with Gasteiger partial charge in [0.15, 0.2) is 0 Å². The Morgan fingerprint density at radius 2 is 0.923 bits per heavy atom. The third-order valence-corrected chi connectivity index (χ3v) is 7.68. The van der Waals surface area contributed by atoms with E-state index in [4.69, 9.17) is 0 Å². The molecule has 0 bridgehead atoms. The van der Waals surface area contributed by atoms with Crippen LogP contribution in [0.1, 0.15) is 0 Å². The van der Waals surface area contributed by atoms with Gasteiger partial charge in [0.2, 0.25) is 0 Å². The Labute approximate surface area is 226 Å². The summed E-state index contributed by atoms with van der Waals surface area (Å²) in [7, 11) is 0. The SMILES string of the molecule is c1ccc(-n2c3ccccc3c3ccc(Nc4cccc5c4c4ccccc4n5-c4ccccc4)cc32)cc1. The van der Waals surface area contributed by atoms with Crippen molar-refractivity contribution in [2.45, 2.75) is 0 Å². The highest BCUT2D eigenvalue weighted by Gasteiger charge is 2.16. The Hall–Kier alpha value is -5.28.